The molecular formula is C25H22N4O3S. The maximum absolute atomic E-state index is 12.5. The molecule has 0 atom stereocenters. The van der Waals surface area contributed by atoms with Gasteiger partial charge in [-0.05, 0) is 55.0 Å². The van der Waals surface area contributed by atoms with Crippen LogP contribution in [0.3, 0.4) is 0 Å². The van der Waals surface area contributed by atoms with Crippen molar-refractivity contribution in [1.29, 1.82) is 0 Å². The molecule has 1 aromatic heterocycles. The minimum atomic E-state index is -0.286. The van der Waals surface area contributed by atoms with Gasteiger partial charge in [0.05, 0.1) is 6.61 Å². The number of carbonyl (C=O) groups is 2. The molecule has 0 aliphatic carbocycles. The van der Waals surface area contributed by atoms with E-state index in [1.807, 2.05) is 36.4 Å². The molecule has 3 aromatic carbocycles. The number of aryl methyl sites for hydroxylation is 1. The first kappa shape index (κ1) is 22.2. The number of hydrogen-bond acceptors (Lipinski definition) is 6. The summed E-state index contributed by atoms with van der Waals surface area (Å²) in [7, 11) is 0. The first-order valence-corrected chi connectivity index (χ1v) is 11.3. The first-order valence-electron chi connectivity index (χ1n) is 10.5. The third-order valence-electron chi connectivity index (χ3n) is 4.68. The van der Waals surface area contributed by atoms with E-state index in [1.165, 1.54) is 11.3 Å². The summed E-state index contributed by atoms with van der Waals surface area (Å²) in [5.41, 5.74) is 1.63. The van der Waals surface area contributed by atoms with Crippen molar-refractivity contribution in [3.05, 3.63) is 101 Å². The lowest BCUT2D eigenvalue weighted by Crippen LogP contribution is -2.13. The number of amides is 2. The van der Waals surface area contributed by atoms with Gasteiger partial charge < -0.3 is 10.1 Å². The van der Waals surface area contributed by atoms with Crippen LogP contribution in [0.1, 0.15) is 32.1 Å². The molecule has 2 N–H and O–H groups in total. The Bertz CT molecular complexity index is 1200. The van der Waals surface area contributed by atoms with Gasteiger partial charge >= 0.3 is 0 Å². The molecular weight excluding hydrogens is 436 g/mol. The Hall–Kier alpha value is -4.04. The van der Waals surface area contributed by atoms with Crippen LogP contribution in [0.25, 0.3) is 0 Å². The molecule has 0 spiro atoms. The Labute approximate surface area is 195 Å². The predicted molar refractivity (Wildman–Crippen MR) is 129 cm³/mol. The van der Waals surface area contributed by atoms with E-state index in [9.17, 15) is 9.59 Å². The van der Waals surface area contributed by atoms with Crippen LogP contribution in [-0.2, 0) is 6.42 Å². The average Bonchev–Trinajstić information content (AvgIpc) is 3.30. The molecule has 7 nitrogen and oxygen atoms in total. The highest BCUT2D eigenvalue weighted by Gasteiger charge is 2.11. The molecule has 0 unspecified atom stereocenters. The van der Waals surface area contributed by atoms with Crippen LogP contribution in [0.2, 0.25) is 0 Å². The predicted octanol–water partition coefficient (Wildman–Crippen LogP) is 5.05. The van der Waals surface area contributed by atoms with Crippen LogP contribution in [-0.4, -0.2) is 28.6 Å². The number of carbonyl (C=O) groups excluding carboxylic acids is 2. The minimum absolute atomic E-state index is 0.205. The average molecular weight is 459 g/mol. The largest absolute Gasteiger partial charge is 0.494 e. The van der Waals surface area contributed by atoms with Gasteiger partial charge in [0.1, 0.15) is 10.8 Å². The Morgan fingerprint density at radius 3 is 2.12 bits per heavy atom. The summed E-state index contributed by atoms with van der Waals surface area (Å²) in [4.78, 5) is 24.7. The highest BCUT2D eigenvalue weighted by atomic mass is 32.1. The lowest BCUT2D eigenvalue weighted by molar-refractivity contribution is 0.102. The van der Waals surface area contributed by atoms with Crippen molar-refractivity contribution in [3.63, 3.8) is 0 Å². The molecule has 0 aliphatic rings. The number of para-hydroxylation sites is 1. The van der Waals surface area contributed by atoms with E-state index in [2.05, 4.69) is 20.8 Å². The second-order valence-electron chi connectivity index (χ2n) is 7.12. The van der Waals surface area contributed by atoms with Gasteiger partial charge in [-0.1, -0.05) is 47.7 Å². The van der Waals surface area contributed by atoms with Crippen molar-refractivity contribution in [1.82, 2.24) is 10.2 Å². The number of nitrogens with one attached hydrogen (secondary N) is 2. The number of nitrogens with zero attached hydrogens (tertiary/aromatic N) is 2. The van der Waals surface area contributed by atoms with Crippen molar-refractivity contribution >= 4 is 34.0 Å². The Balaban J connectivity index is 1.24. The SMILES string of the molecule is O=C(Nc1ccc(C(=O)Nc2nnc(CCCOc3ccccc3)s2)cc1)c1ccccc1. The lowest BCUT2D eigenvalue weighted by Gasteiger charge is -2.06. The summed E-state index contributed by atoms with van der Waals surface area (Å²) < 4.78 is 5.68. The molecule has 166 valence electrons. The van der Waals surface area contributed by atoms with Gasteiger partial charge in [0.2, 0.25) is 5.13 Å². The molecule has 0 fully saturated rings. The van der Waals surface area contributed by atoms with Crippen molar-refractivity contribution < 1.29 is 14.3 Å². The number of hydrogen-bond donors (Lipinski definition) is 2. The Morgan fingerprint density at radius 1 is 0.758 bits per heavy atom. The fourth-order valence-corrected chi connectivity index (χ4v) is 3.78. The van der Waals surface area contributed by atoms with E-state index in [1.54, 1.807) is 48.5 Å². The smallest absolute Gasteiger partial charge is 0.257 e. The molecule has 0 bridgehead atoms. The molecule has 4 rings (SSSR count). The monoisotopic (exact) mass is 458 g/mol. The fourth-order valence-electron chi connectivity index (χ4n) is 3.00. The molecule has 2 amide bonds. The highest BCUT2D eigenvalue weighted by Crippen LogP contribution is 2.19. The molecule has 8 heteroatoms. The molecule has 33 heavy (non-hydrogen) atoms. The topological polar surface area (TPSA) is 93.2 Å². The summed E-state index contributed by atoms with van der Waals surface area (Å²) >= 11 is 1.34. The van der Waals surface area contributed by atoms with Crippen LogP contribution >= 0.6 is 11.3 Å². The van der Waals surface area contributed by atoms with Crippen molar-refractivity contribution in [3.8, 4) is 5.75 Å². The van der Waals surface area contributed by atoms with E-state index in [0.717, 1.165) is 23.6 Å². The molecule has 0 radical (unpaired) electrons. The standard InChI is InChI=1S/C25H22N4O3S/c30-23(18-8-3-1-4-9-18)26-20-15-13-19(14-16-20)24(31)27-25-29-28-22(33-25)12-7-17-32-21-10-5-2-6-11-21/h1-6,8-11,13-16H,7,12,17H2,(H,26,30)(H,27,29,31). The third kappa shape index (κ3) is 6.47. The number of aromatic nitrogens is 2. The van der Waals surface area contributed by atoms with Crippen molar-refractivity contribution in [2.75, 3.05) is 17.2 Å². The molecule has 4 aromatic rings. The summed E-state index contributed by atoms with van der Waals surface area (Å²) in [5.74, 6) is 0.350. The summed E-state index contributed by atoms with van der Waals surface area (Å²) in [5, 5.41) is 15.0. The van der Waals surface area contributed by atoms with Gasteiger partial charge in [-0.15, -0.1) is 10.2 Å². The van der Waals surface area contributed by atoms with Crippen molar-refractivity contribution in [2.24, 2.45) is 0 Å². The van der Waals surface area contributed by atoms with E-state index in [-0.39, 0.29) is 11.8 Å². The van der Waals surface area contributed by atoms with Crippen LogP contribution in [0.4, 0.5) is 10.8 Å². The lowest BCUT2D eigenvalue weighted by atomic mass is 10.1. The molecule has 0 saturated carbocycles. The van der Waals surface area contributed by atoms with Crippen LogP contribution in [0.15, 0.2) is 84.9 Å². The zero-order valence-electron chi connectivity index (χ0n) is 17.7. The second kappa shape index (κ2) is 11.0. The number of ether oxygens (including phenoxy) is 1. The zero-order valence-corrected chi connectivity index (χ0v) is 18.5. The summed E-state index contributed by atoms with van der Waals surface area (Å²) in [6.07, 6.45) is 1.52. The van der Waals surface area contributed by atoms with Crippen molar-refractivity contribution in [2.45, 2.75) is 12.8 Å². The van der Waals surface area contributed by atoms with E-state index < -0.39 is 0 Å². The van der Waals surface area contributed by atoms with E-state index in [4.69, 9.17) is 4.74 Å². The fraction of sp³-hybridized carbons (Fsp3) is 0.120. The van der Waals surface area contributed by atoms with E-state index >= 15 is 0 Å². The van der Waals surface area contributed by atoms with Crippen LogP contribution in [0.5, 0.6) is 5.75 Å². The summed E-state index contributed by atoms with van der Waals surface area (Å²) in [6.45, 7) is 0.582. The van der Waals surface area contributed by atoms with Crippen LogP contribution in [0, 0.1) is 0 Å². The van der Waals surface area contributed by atoms with Crippen LogP contribution < -0.4 is 15.4 Å². The van der Waals surface area contributed by atoms with E-state index in [0.29, 0.717) is 28.6 Å². The normalized spacial score (nSPS) is 10.4. The third-order valence-corrected chi connectivity index (χ3v) is 5.57. The second-order valence-corrected chi connectivity index (χ2v) is 8.18. The molecule has 0 aliphatic heterocycles. The number of anilines is 2. The number of rotatable bonds is 9. The Kier molecular flexibility index (Phi) is 7.40. The van der Waals surface area contributed by atoms with Gasteiger partial charge in [-0.25, -0.2) is 0 Å². The maximum Gasteiger partial charge on any atom is 0.257 e. The quantitative estimate of drug-likeness (QED) is 0.342. The van der Waals surface area contributed by atoms with Gasteiger partial charge in [0, 0.05) is 23.2 Å². The minimum Gasteiger partial charge on any atom is -0.494 e. The van der Waals surface area contributed by atoms with Gasteiger partial charge in [0.15, 0.2) is 0 Å². The maximum atomic E-state index is 12.5. The zero-order chi connectivity index (χ0) is 22.9. The molecule has 0 saturated heterocycles. The van der Waals surface area contributed by atoms with Gasteiger partial charge in [-0.3, -0.25) is 14.9 Å². The molecule has 1 heterocycles. The number of benzene rings is 3. The Morgan fingerprint density at radius 2 is 1.39 bits per heavy atom. The highest BCUT2D eigenvalue weighted by molar-refractivity contribution is 7.15. The van der Waals surface area contributed by atoms with Gasteiger partial charge in [-0.2, -0.15) is 0 Å². The summed E-state index contributed by atoms with van der Waals surface area (Å²) in [6, 6.07) is 25.3. The van der Waals surface area contributed by atoms with Gasteiger partial charge in [0.25, 0.3) is 11.8 Å². The first-order chi connectivity index (χ1) is 16.2.